The Bertz CT molecular complexity index is 1360. The highest BCUT2D eigenvalue weighted by molar-refractivity contribution is 6.30. The van der Waals surface area contributed by atoms with E-state index in [9.17, 15) is 4.79 Å². The third-order valence-electron chi connectivity index (χ3n) is 6.42. The van der Waals surface area contributed by atoms with E-state index < -0.39 is 0 Å². The van der Waals surface area contributed by atoms with E-state index in [0.29, 0.717) is 42.5 Å². The zero-order chi connectivity index (χ0) is 25.1. The molecule has 184 valence electrons. The summed E-state index contributed by atoms with van der Waals surface area (Å²) in [4.78, 5) is 22.2. The third kappa shape index (κ3) is 4.95. The summed E-state index contributed by atoms with van der Waals surface area (Å²) in [5.74, 6) is 1.85. The molecular formula is C29H28ClN3O3. The van der Waals surface area contributed by atoms with E-state index >= 15 is 0 Å². The lowest BCUT2D eigenvalue weighted by molar-refractivity contribution is 0.0747. The summed E-state index contributed by atoms with van der Waals surface area (Å²) in [6.45, 7) is 7.40. The van der Waals surface area contributed by atoms with Crippen LogP contribution in [0.5, 0.6) is 5.75 Å². The highest BCUT2D eigenvalue weighted by Crippen LogP contribution is 2.31. The highest BCUT2D eigenvalue weighted by atomic mass is 35.5. The topological polar surface area (TPSA) is 58.8 Å². The normalized spacial score (nSPS) is 13.6. The number of carbonyl (C=O) groups excluding carboxylic acids is 1. The van der Waals surface area contributed by atoms with Crippen molar-refractivity contribution in [3.8, 4) is 28.5 Å². The molecule has 3 aromatic carbocycles. The Hall–Kier alpha value is -3.77. The van der Waals surface area contributed by atoms with Gasteiger partial charge in [0.05, 0.1) is 18.4 Å². The molecule has 2 heterocycles. The second-order valence-corrected chi connectivity index (χ2v) is 9.18. The molecule has 1 aliphatic heterocycles. The first-order chi connectivity index (χ1) is 17.5. The molecule has 1 aliphatic rings. The predicted octanol–water partition coefficient (Wildman–Crippen LogP) is 6.33. The van der Waals surface area contributed by atoms with Crippen LogP contribution < -0.4 is 9.64 Å². The van der Waals surface area contributed by atoms with Crippen molar-refractivity contribution in [1.82, 2.24) is 9.88 Å². The van der Waals surface area contributed by atoms with E-state index in [2.05, 4.69) is 16.8 Å². The van der Waals surface area contributed by atoms with Gasteiger partial charge in [0.2, 0.25) is 5.89 Å². The smallest absolute Gasteiger partial charge is 0.254 e. The van der Waals surface area contributed by atoms with Gasteiger partial charge in [-0.1, -0.05) is 29.8 Å². The molecular weight excluding hydrogens is 474 g/mol. The summed E-state index contributed by atoms with van der Waals surface area (Å²) in [5, 5.41) is 0.721. The second kappa shape index (κ2) is 10.5. The lowest BCUT2D eigenvalue weighted by Crippen LogP contribution is -2.49. The van der Waals surface area contributed by atoms with Crippen LogP contribution in [0.2, 0.25) is 5.02 Å². The Labute approximate surface area is 216 Å². The van der Waals surface area contributed by atoms with Crippen molar-refractivity contribution in [3.63, 3.8) is 0 Å². The highest BCUT2D eigenvalue weighted by Gasteiger charge is 2.26. The quantitative estimate of drug-likeness (QED) is 0.309. The molecule has 1 saturated heterocycles. The molecule has 0 N–H and O–H groups in total. The van der Waals surface area contributed by atoms with Crippen molar-refractivity contribution in [1.29, 1.82) is 0 Å². The maximum absolute atomic E-state index is 13.5. The Balaban J connectivity index is 1.32. The first kappa shape index (κ1) is 23.9. The molecule has 7 heteroatoms. The fraction of sp³-hybridized carbons (Fsp3) is 0.241. The lowest BCUT2D eigenvalue weighted by atomic mass is 10.1. The molecule has 0 saturated carbocycles. The van der Waals surface area contributed by atoms with Crippen molar-refractivity contribution >= 4 is 23.2 Å². The molecule has 4 aromatic rings. The summed E-state index contributed by atoms with van der Waals surface area (Å²) in [6.07, 6.45) is 1.69. The van der Waals surface area contributed by atoms with Crippen molar-refractivity contribution in [2.24, 2.45) is 0 Å². The fourth-order valence-corrected chi connectivity index (χ4v) is 4.68. The number of aryl methyl sites for hydroxylation is 1. The number of hydrogen-bond donors (Lipinski definition) is 0. The minimum Gasteiger partial charge on any atom is -0.494 e. The van der Waals surface area contributed by atoms with Crippen LogP contribution in [0, 0.1) is 6.92 Å². The van der Waals surface area contributed by atoms with Gasteiger partial charge >= 0.3 is 0 Å². The van der Waals surface area contributed by atoms with Crippen molar-refractivity contribution in [3.05, 3.63) is 89.1 Å². The number of amides is 1. The van der Waals surface area contributed by atoms with E-state index in [-0.39, 0.29) is 5.91 Å². The number of oxazole rings is 1. The lowest BCUT2D eigenvalue weighted by Gasteiger charge is -2.37. The van der Waals surface area contributed by atoms with Crippen LogP contribution in [0.15, 0.2) is 77.3 Å². The number of hydrogen-bond acceptors (Lipinski definition) is 5. The summed E-state index contributed by atoms with van der Waals surface area (Å²) in [5.41, 5.74) is 4.47. The third-order valence-corrected chi connectivity index (χ3v) is 6.66. The van der Waals surface area contributed by atoms with E-state index in [1.807, 2.05) is 78.6 Å². The van der Waals surface area contributed by atoms with Gasteiger partial charge in [-0.2, -0.15) is 0 Å². The molecule has 6 nitrogen and oxygen atoms in total. The summed E-state index contributed by atoms with van der Waals surface area (Å²) < 4.78 is 11.6. The van der Waals surface area contributed by atoms with Crippen LogP contribution in [0.4, 0.5) is 5.69 Å². The number of anilines is 1. The van der Waals surface area contributed by atoms with Crippen LogP contribution in [0.25, 0.3) is 22.8 Å². The standard InChI is InChI=1S/C29H28ClN3O3/c1-3-35-23-12-9-21(10-13-23)27-19-31-28(36-27)24-6-4-5-7-25(24)29(34)33-16-14-32(15-17-33)26-18-22(30)11-8-20(26)2/h4-13,18-19H,3,14-17H2,1-2H3. The van der Waals surface area contributed by atoms with Crippen LogP contribution in [-0.4, -0.2) is 48.6 Å². The van der Waals surface area contributed by atoms with Gasteiger partial charge in [0.15, 0.2) is 5.76 Å². The van der Waals surface area contributed by atoms with Crippen LogP contribution in [0.3, 0.4) is 0 Å². The van der Waals surface area contributed by atoms with E-state index in [1.165, 1.54) is 5.56 Å². The monoisotopic (exact) mass is 501 g/mol. The first-order valence-electron chi connectivity index (χ1n) is 12.1. The summed E-state index contributed by atoms with van der Waals surface area (Å²) >= 11 is 6.22. The number of carbonyl (C=O) groups is 1. The molecule has 0 atom stereocenters. The van der Waals surface area contributed by atoms with E-state index in [4.69, 9.17) is 20.8 Å². The number of piperazine rings is 1. The van der Waals surface area contributed by atoms with Crippen molar-refractivity contribution in [2.45, 2.75) is 13.8 Å². The van der Waals surface area contributed by atoms with Crippen LogP contribution >= 0.6 is 11.6 Å². The molecule has 1 amide bonds. The van der Waals surface area contributed by atoms with E-state index in [1.54, 1.807) is 6.20 Å². The zero-order valence-corrected chi connectivity index (χ0v) is 21.2. The SMILES string of the molecule is CCOc1ccc(-c2cnc(-c3ccccc3C(=O)N3CCN(c4cc(Cl)ccc4C)CC3)o2)cc1. The van der Waals surface area contributed by atoms with Crippen LogP contribution in [0.1, 0.15) is 22.8 Å². The number of aromatic nitrogens is 1. The summed E-state index contributed by atoms with van der Waals surface area (Å²) in [6, 6.07) is 21.1. The number of nitrogens with zero attached hydrogens (tertiary/aromatic N) is 3. The molecule has 0 spiro atoms. The van der Waals surface area contributed by atoms with Gasteiger partial charge in [0.1, 0.15) is 5.75 Å². The molecule has 1 fully saturated rings. The molecule has 0 bridgehead atoms. The maximum atomic E-state index is 13.5. The Kier molecular flexibility index (Phi) is 6.96. The van der Waals surface area contributed by atoms with Gasteiger partial charge in [0.25, 0.3) is 5.91 Å². The Morgan fingerprint density at radius 3 is 2.53 bits per heavy atom. The number of benzene rings is 3. The first-order valence-corrected chi connectivity index (χ1v) is 12.5. The molecule has 1 aromatic heterocycles. The number of ether oxygens (including phenoxy) is 1. The van der Waals surface area contributed by atoms with Gasteiger partial charge < -0.3 is 19.0 Å². The molecule has 0 aliphatic carbocycles. The van der Waals surface area contributed by atoms with Gasteiger partial charge in [-0.05, 0) is 67.9 Å². The molecule has 0 unspecified atom stereocenters. The van der Waals surface area contributed by atoms with Gasteiger partial charge in [-0.25, -0.2) is 4.98 Å². The molecule has 0 radical (unpaired) electrons. The Morgan fingerprint density at radius 2 is 1.78 bits per heavy atom. The average Bonchev–Trinajstić information content (AvgIpc) is 3.41. The minimum absolute atomic E-state index is 0.0196. The van der Waals surface area contributed by atoms with Crippen molar-refractivity contribution in [2.75, 3.05) is 37.7 Å². The van der Waals surface area contributed by atoms with Crippen molar-refractivity contribution < 1.29 is 13.9 Å². The number of halogens is 1. The Morgan fingerprint density at radius 1 is 1.03 bits per heavy atom. The van der Waals surface area contributed by atoms with Crippen LogP contribution in [-0.2, 0) is 0 Å². The minimum atomic E-state index is -0.0196. The van der Waals surface area contributed by atoms with Gasteiger partial charge in [-0.15, -0.1) is 0 Å². The molecule has 36 heavy (non-hydrogen) atoms. The summed E-state index contributed by atoms with van der Waals surface area (Å²) in [7, 11) is 0. The van der Waals surface area contributed by atoms with Gasteiger partial charge in [0, 0.05) is 48.0 Å². The largest absolute Gasteiger partial charge is 0.494 e. The number of rotatable bonds is 6. The van der Waals surface area contributed by atoms with E-state index in [0.717, 1.165) is 35.1 Å². The van der Waals surface area contributed by atoms with Gasteiger partial charge in [-0.3, -0.25) is 4.79 Å². The maximum Gasteiger partial charge on any atom is 0.254 e. The zero-order valence-electron chi connectivity index (χ0n) is 20.4. The average molecular weight is 502 g/mol. The second-order valence-electron chi connectivity index (χ2n) is 8.74. The molecule has 5 rings (SSSR count). The fourth-order valence-electron chi connectivity index (χ4n) is 4.51. The predicted molar refractivity (Wildman–Crippen MR) is 143 cm³/mol.